The SMILES string of the molecule is [C-]#[N+]c1ccc(COC2CCCCO2)c(CC)c1. The molecule has 1 saturated heterocycles. The zero-order chi connectivity index (χ0) is 12.8. The maximum atomic E-state index is 7.02. The second kappa shape index (κ2) is 6.53. The molecule has 1 heterocycles. The van der Waals surface area contributed by atoms with Crippen molar-refractivity contribution < 1.29 is 9.47 Å². The van der Waals surface area contributed by atoms with Crippen molar-refractivity contribution in [3.63, 3.8) is 0 Å². The third kappa shape index (κ3) is 3.32. The lowest BCUT2D eigenvalue weighted by atomic mass is 10.1. The van der Waals surface area contributed by atoms with E-state index in [9.17, 15) is 0 Å². The highest BCUT2D eigenvalue weighted by Gasteiger charge is 2.14. The molecular formula is C15H19NO2. The van der Waals surface area contributed by atoms with Crippen LogP contribution in [0.25, 0.3) is 4.85 Å². The molecule has 0 amide bonds. The van der Waals surface area contributed by atoms with Crippen LogP contribution in [-0.4, -0.2) is 12.9 Å². The highest BCUT2D eigenvalue weighted by molar-refractivity contribution is 5.49. The number of benzene rings is 1. The summed E-state index contributed by atoms with van der Waals surface area (Å²) in [5.74, 6) is 0. The van der Waals surface area contributed by atoms with Crippen LogP contribution in [0.15, 0.2) is 18.2 Å². The molecule has 1 aromatic rings. The van der Waals surface area contributed by atoms with Crippen molar-refractivity contribution in [1.82, 2.24) is 0 Å². The van der Waals surface area contributed by atoms with Crippen LogP contribution in [0.5, 0.6) is 0 Å². The first-order chi connectivity index (χ1) is 8.83. The van der Waals surface area contributed by atoms with Gasteiger partial charge in [0.1, 0.15) is 0 Å². The van der Waals surface area contributed by atoms with Gasteiger partial charge in [0, 0.05) is 6.61 Å². The summed E-state index contributed by atoms with van der Waals surface area (Å²) < 4.78 is 11.3. The van der Waals surface area contributed by atoms with Gasteiger partial charge in [-0.2, -0.15) is 0 Å². The molecule has 2 rings (SSSR count). The van der Waals surface area contributed by atoms with Gasteiger partial charge in [0.05, 0.1) is 13.2 Å². The molecule has 3 nitrogen and oxygen atoms in total. The normalized spacial score (nSPS) is 19.4. The fourth-order valence-corrected chi connectivity index (χ4v) is 2.18. The lowest BCUT2D eigenvalue weighted by Gasteiger charge is -2.23. The van der Waals surface area contributed by atoms with Crippen molar-refractivity contribution in [3.8, 4) is 0 Å². The Bertz CT molecular complexity index is 431. The van der Waals surface area contributed by atoms with Crippen LogP contribution in [0.3, 0.4) is 0 Å². The van der Waals surface area contributed by atoms with Gasteiger partial charge in [-0.1, -0.05) is 30.7 Å². The topological polar surface area (TPSA) is 22.8 Å². The Morgan fingerprint density at radius 2 is 2.28 bits per heavy atom. The van der Waals surface area contributed by atoms with E-state index in [2.05, 4.69) is 11.8 Å². The molecule has 0 saturated carbocycles. The number of nitrogens with zero attached hydrogens (tertiary/aromatic N) is 1. The summed E-state index contributed by atoms with van der Waals surface area (Å²) in [5.41, 5.74) is 3.06. The zero-order valence-electron chi connectivity index (χ0n) is 10.8. The van der Waals surface area contributed by atoms with E-state index >= 15 is 0 Å². The van der Waals surface area contributed by atoms with Crippen LogP contribution in [0.1, 0.15) is 37.3 Å². The Balaban J connectivity index is 1.98. The number of hydrogen-bond acceptors (Lipinski definition) is 2. The van der Waals surface area contributed by atoms with Crippen LogP contribution in [0.4, 0.5) is 5.69 Å². The number of hydrogen-bond donors (Lipinski definition) is 0. The van der Waals surface area contributed by atoms with Gasteiger partial charge in [0.15, 0.2) is 12.0 Å². The molecule has 96 valence electrons. The minimum atomic E-state index is -0.0519. The van der Waals surface area contributed by atoms with Crippen molar-refractivity contribution in [1.29, 1.82) is 0 Å². The molecule has 1 aromatic carbocycles. The molecule has 18 heavy (non-hydrogen) atoms. The molecule has 0 radical (unpaired) electrons. The zero-order valence-corrected chi connectivity index (χ0v) is 10.8. The fourth-order valence-electron chi connectivity index (χ4n) is 2.18. The first-order valence-corrected chi connectivity index (χ1v) is 6.56. The second-order valence-corrected chi connectivity index (χ2v) is 4.53. The van der Waals surface area contributed by atoms with Crippen LogP contribution < -0.4 is 0 Å². The molecule has 1 aliphatic heterocycles. The Morgan fingerprint density at radius 1 is 1.39 bits per heavy atom. The fraction of sp³-hybridized carbons (Fsp3) is 0.533. The summed E-state index contributed by atoms with van der Waals surface area (Å²) in [5, 5.41) is 0. The Kier molecular flexibility index (Phi) is 4.74. The lowest BCUT2D eigenvalue weighted by Crippen LogP contribution is -2.22. The average Bonchev–Trinajstić information content (AvgIpc) is 2.46. The highest BCUT2D eigenvalue weighted by atomic mass is 16.7. The highest BCUT2D eigenvalue weighted by Crippen LogP contribution is 2.21. The maximum Gasteiger partial charge on any atom is 0.187 e. The summed E-state index contributed by atoms with van der Waals surface area (Å²) in [4.78, 5) is 3.45. The Hall–Kier alpha value is -1.37. The number of aryl methyl sites for hydroxylation is 1. The molecule has 1 atom stereocenters. The van der Waals surface area contributed by atoms with E-state index in [1.807, 2.05) is 18.2 Å². The van der Waals surface area contributed by atoms with Crippen LogP contribution in [0, 0.1) is 6.57 Å². The molecule has 1 unspecified atom stereocenters. The van der Waals surface area contributed by atoms with Gasteiger partial charge in [-0.15, -0.1) is 0 Å². The van der Waals surface area contributed by atoms with Crippen LogP contribution in [0.2, 0.25) is 0 Å². The molecule has 3 heteroatoms. The van der Waals surface area contributed by atoms with Gasteiger partial charge in [0.2, 0.25) is 0 Å². The van der Waals surface area contributed by atoms with E-state index in [0.29, 0.717) is 12.3 Å². The molecule has 1 aliphatic rings. The Labute approximate surface area is 109 Å². The van der Waals surface area contributed by atoms with E-state index in [1.54, 1.807) is 0 Å². The molecule has 0 bridgehead atoms. The van der Waals surface area contributed by atoms with Crippen LogP contribution >= 0.6 is 0 Å². The first-order valence-electron chi connectivity index (χ1n) is 6.56. The Morgan fingerprint density at radius 3 is 2.94 bits per heavy atom. The largest absolute Gasteiger partial charge is 0.353 e. The molecule has 0 N–H and O–H groups in total. The van der Waals surface area contributed by atoms with Crippen molar-refractivity contribution in [2.24, 2.45) is 0 Å². The standard InChI is InChI=1S/C15H19NO2/c1-3-12-10-14(16-2)8-7-13(12)11-18-15-6-4-5-9-17-15/h7-8,10,15H,3-6,9,11H2,1H3. The third-order valence-corrected chi connectivity index (χ3v) is 3.26. The van der Waals surface area contributed by atoms with E-state index < -0.39 is 0 Å². The average molecular weight is 245 g/mol. The van der Waals surface area contributed by atoms with Crippen molar-refractivity contribution >= 4 is 5.69 Å². The van der Waals surface area contributed by atoms with E-state index in [-0.39, 0.29) is 6.29 Å². The summed E-state index contributed by atoms with van der Waals surface area (Å²) >= 11 is 0. The van der Waals surface area contributed by atoms with Crippen molar-refractivity contribution in [2.75, 3.05) is 6.61 Å². The van der Waals surface area contributed by atoms with Gasteiger partial charge in [0.25, 0.3) is 0 Å². The number of rotatable bonds is 4. The summed E-state index contributed by atoms with van der Waals surface area (Å²) in [6.45, 7) is 10.5. The quantitative estimate of drug-likeness (QED) is 0.752. The molecule has 1 fully saturated rings. The smallest absolute Gasteiger partial charge is 0.187 e. The summed E-state index contributed by atoms with van der Waals surface area (Å²) in [6, 6.07) is 5.80. The lowest BCUT2D eigenvalue weighted by molar-refractivity contribution is -0.169. The van der Waals surface area contributed by atoms with Crippen molar-refractivity contribution in [2.45, 2.75) is 45.5 Å². The predicted octanol–water partition coefficient (Wildman–Crippen LogP) is 3.84. The molecular weight excluding hydrogens is 226 g/mol. The van der Waals surface area contributed by atoms with Gasteiger partial charge in [-0.25, -0.2) is 4.85 Å². The maximum absolute atomic E-state index is 7.02. The number of ether oxygens (including phenoxy) is 2. The van der Waals surface area contributed by atoms with E-state index in [0.717, 1.165) is 25.9 Å². The predicted molar refractivity (Wildman–Crippen MR) is 70.5 cm³/mol. The van der Waals surface area contributed by atoms with Gasteiger partial charge < -0.3 is 9.47 Å². The van der Waals surface area contributed by atoms with Gasteiger partial charge in [-0.3, -0.25) is 0 Å². The molecule has 0 spiro atoms. The summed E-state index contributed by atoms with van der Waals surface area (Å²) in [7, 11) is 0. The second-order valence-electron chi connectivity index (χ2n) is 4.53. The van der Waals surface area contributed by atoms with Crippen LogP contribution in [-0.2, 0) is 22.5 Å². The molecule has 0 aromatic heterocycles. The summed E-state index contributed by atoms with van der Waals surface area (Å²) in [6.07, 6.45) is 4.18. The monoisotopic (exact) mass is 245 g/mol. The van der Waals surface area contributed by atoms with E-state index in [4.69, 9.17) is 16.0 Å². The third-order valence-electron chi connectivity index (χ3n) is 3.26. The minimum absolute atomic E-state index is 0.0519. The van der Waals surface area contributed by atoms with Gasteiger partial charge in [-0.05, 0) is 31.2 Å². The van der Waals surface area contributed by atoms with E-state index in [1.165, 1.54) is 17.5 Å². The first kappa shape index (κ1) is 13.1. The molecule has 0 aliphatic carbocycles. The minimum Gasteiger partial charge on any atom is -0.353 e. The van der Waals surface area contributed by atoms with Crippen molar-refractivity contribution in [3.05, 3.63) is 40.7 Å². The van der Waals surface area contributed by atoms with Gasteiger partial charge >= 0.3 is 0 Å².